The molecule has 1 atom stereocenters. The highest BCUT2D eigenvalue weighted by Crippen LogP contribution is 2.39. The van der Waals surface area contributed by atoms with Gasteiger partial charge in [0.2, 0.25) is 5.95 Å². The summed E-state index contributed by atoms with van der Waals surface area (Å²) in [6.45, 7) is 11.3. The van der Waals surface area contributed by atoms with Gasteiger partial charge in [0.25, 0.3) is 5.91 Å². The number of hydrogen-bond acceptors (Lipinski definition) is 7. The van der Waals surface area contributed by atoms with Crippen LogP contribution in [-0.4, -0.2) is 91.3 Å². The Kier molecular flexibility index (Phi) is 8.84. The molecule has 2 aromatic heterocycles. The number of aryl methyl sites for hydroxylation is 1. The standard InChI is InChI=1S/C37H43N9O/c1-3-4-21-45-34-14-9-8-13-33(34)39-36(45)43-20-10-19-42(24-25-43)22-17-37(30-11-6-5-7-12-30)18-23-44(27-37)35(47)32-26-31(16-15-29(32)2)46-28-38-40-41-46/h3-9,11-16,26,28H,10,17-25,27H2,1-2H3. The zero-order valence-electron chi connectivity index (χ0n) is 27.4. The first-order valence-corrected chi connectivity index (χ1v) is 16.8. The molecule has 0 N–H and O–H groups in total. The van der Waals surface area contributed by atoms with E-state index >= 15 is 0 Å². The summed E-state index contributed by atoms with van der Waals surface area (Å²) in [5, 5.41) is 11.5. The summed E-state index contributed by atoms with van der Waals surface area (Å²) in [7, 11) is 0. The Morgan fingerprint density at radius 1 is 0.957 bits per heavy atom. The lowest BCUT2D eigenvalue weighted by molar-refractivity contribution is 0.0780. The topological polar surface area (TPSA) is 88.2 Å². The van der Waals surface area contributed by atoms with Gasteiger partial charge in [0, 0.05) is 50.2 Å². The number of carbonyl (C=O) groups excluding carboxylic acids is 1. The number of carbonyl (C=O) groups is 1. The summed E-state index contributed by atoms with van der Waals surface area (Å²) < 4.78 is 3.94. The van der Waals surface area contributed by atoms with E-state index in [0.717, 1.165) is 87.8 Å². The van der Waals surface area contributed by atoms with Crippen molar-refractivity contribution in [3.05, 3.63) is 108 Å². The van der Waals surface area contributed by atoms with E-state index in [-0.39, 0.29) is 11.3 Å². The maximum atomic E-state index is 14.0. The summed E-state index contributed by atoms with van der Waals surface area (Å²) in [4.78, 5) is 26.2. The Morgan fingerprint density at radius 2 is 1.81 bits per heavy atom. The normalized spacial score (nSPS) is 19.2. The van der Waals surface area contributed by atoms with Gasteiger partial charge < -0.3 is 19.3 Å². The van der Waals surface area contributed by atoms with Gasteiger partial charge in [0.05, 0.1) is 16.7 Å². The van der Waals surface area contributed by atoms with E-state index in [4.69, 9.17) is 4.98 Å². The number of imidazole rings is 1. The van der Waals surface area contributed by atoms with Gasteiger partial charge in [-0.25, -0.2) is 9.67 Å². The van der Waals surface area contributed by atoms with Gasteiger partial charge in [0.15, 0.2) is 0 Å². The minimum absolute atomic E-state index is 0.0708. The highest BCUT2D eigenvalue weighted by Gasteiger charge is 2.42. The molecule has 0 radical (unpaired) electrons. The number of para-hydroxylation sites is 2. The number of benzene rings is 3. The van der Waals surface area contributed by atoms with E-state index < -0.39 is 0 Å². The van der Waals surface area contributed by atoms with Gasteiger partial charge >= 0.3 is 0 Å². The molecule has 242 valence electrons. The number of likely N-dealkylation sites (tertiary alicyclic amines) is 1. The third-order valence-electron chi connectivity index (χ3n) is 10.0. The van der Waals surface area contributed by atoms with Gasteiger partial charge in [-0.15, -0.1) is 5.10 Å². The van der Waals surface area contributed by atoms with Crippen molar-refractivity contribution in [3.8, 4) is 5.69 Å². The van der Waals surface area contributed by atoms with Crippen molar-refractivity contribution in [2.45, 2.75) is 45.1 Å². The third-order valence-corrected chi connectivity index (χ3v) is 10.0. The molecule has 0 bridgehead atoms. The lowest BCUT2D eigenvalue weighted by Gasteiger charge is -2.33. The molecular weight excluding hydrogens is 586 g/mol. The summed E-state index contributed by atoms with van der Waals surface area (Å²) in [5.74, 6) is 1.14. The second-order valence-corrected chi connectivity index (χ2v) is 12.9. The van der Waals surface area contributed by atoms with Crippen LogP contribution in [-0.2, 0) is 12.0 Å². The number of nitrogens with zero attached hydrogens (tertiary/aromatic N) is 9. The molecular formula is C37H43N9O. The van der Waals surface area contributed by atoms with Crippen LogP contribution < -0.4 is 4.90 Å². The first-order chi connectivity index (χ1) is 23.0. The van der Waals surface area contributed by atoms with E-state index in [1.54, 1.807) is 11.0 Å². The predicted octanol–water partition coefficient (Wildman–Crippen LogP) is 5.28. The van der Waals surface area contributed by atoms with Crippen LogP contribution >= 0.6 is 0 Å². The lowest BCUT2D eigenvalue weighted by Crippen LogP contribution is -2.39. The van der Waals surface area contributed by atoms with E-state index in [0.29, 0.717) is 12.1 Å². The molecule has 7 rings (SSSR count). The first kappa shape index (κ1) is 30.8. The molecule has 10 heteroatoms. The fraction of sp³-hybridized carbons (Fsp3) is 0.378. The molecule has 0 spiro atoms. The van der Waals surface area contributed by atoms with Gasteiger partial charge in [-0.2, -0.15) is 0 Å². The van der Waals surface area contributed by atoms with Crippen molar-refractivity contribution in [2.24, 2.45) is 0 Å². The molecule has 0 saturated carbocycles. The maximum absolute atomic E-state index is 14.0. The first-order valence-electron chi connectivity index (χ1n) is 16.8. The van der Waals surface area contributed by atoms with Gasteiger partial charge in [-0.05, 0) is 92.0 Å². The van der Waals surface area contributed by atoms with Crippen LogP contribution in [0.25, 0.3) is 16.7 Å². The van der Waals surface area contributed by atoms with E-state index in [9.17, 15) is 4.79 Å². The molecule has 2 aliphatic rings. The quantitative estimate of drug-likeness (QED) is 0.205. The van der Waals surface area contributed by atoms with Crippen LogP contribution in [0.1, 0.15) is 47.7 Å². The third kappa shape index (κ3) is 6.30. The number of fused-ring (bicyclic) bond motifs is 1. The van der Waals surface area contributed by atoms with Gasteiger partial charge in [-0.1, -0.05) is 60.7 Å². The second-order valence-electron chi connectivity index (χ2n) is 12.9. The van der Waals surface area contributed by atoms with Crippen LogP contribution in [0, 0.1) is 6.92 Å². The van der Waals surface area contributed by atoms with Gasteiger partial charge in [0.1, 0.15) is 6.33 Å². The Labute approximate surface area is 276 Å². The van der Waals surface area contributed by atoms with Crippen LogP contribution in [0.5, 0.6) is 0 Å². The summed E-state index contributed by atoms with van der Waals surface area (Å²) in [6.07, 6.45) is 8.91. The van der Waals surface area contributed by atoms with Crippen molar-refractivity contribution in [2.75, 3.05) is 50.7 Å². The fourth-order valence-electron chi connectivity index (χ4n) is 7.32. The zero-order valence-corrected chi connectivity index (χ0v) is 27.4. The molecule has 1 unspecified atom stereocenters. The molecule has 2 aliphatic heterocycles. The maximum Gasteiger partial charge on any atom is 0.254 e. The number of aromatic nitrogens is 6. The molecule has 0 aliphatic carbocycles. The van der Waals surface area contributed by atoms with E-state index in [1.165, 1.54) is 11.1 Å². The smallest absolute Gasteiger partial charge is 0.254 e. The molecule has 47 heavy (non-hydrogen) atoms. The Balaban J connectivity index is 1.06. The van der Waals surface area contributed by atoms with E-state index in [2.05, 4.69) is 108 Å². The monoisotopic (exact) mass is 629 g/mol. The molecule has 2 saturated heterocycles. The highest BCUT2D eigenvalue weighted by atomic mass is 16.2. The Hall–Kier alpha value is -4.83. The fourth-order valence-corrected chi connectivity index (χ4v) is 7.32. The zero-order chi connectivity index (χ0) is 32.2. The van der Waals surface area contributed by atoms with Crippen molar-refractivity contribution < 1.29 is 4.79 Å². The SMILES string of the molecule is CC=CCn1c(N2CCCN(CCC3(c4ccccc4)CCN(C(=O)c4cc(-n5cnnn5)ccc4C)C3)CC2)nc2ccccc21. The van der Waals surface area contributed by atoms with Crippen molar-refractivity contribution >= 4 is 22.9 Å². The number of allylic oxidation sites excluding steroid dienone is 2. The number of rotatable bonds is 9. The lowest BCUT2D eigenvalue weighted by atomic mass is 9.76. The summed E-state index contributed by atoms with van der Waals surface area (Å²) >= 11 is 0. The number of amides is 1. The number of hydrogen-bond donors (Lipinski definition) is 0. The molecule has 4 heterocycles. The van der Waals surface area contributed by atoms with E-state index in [1.807, 2.05) is 25.1 Å². The van der Waals surface area contributed by atoms with Crippen molar-refractivity contribution in [1.82, 2.24) is 39.6 Å². The second kappa shape index (κ2) is 13.5. The number of anilines is 1. The average Bonchev–Trinajstić information content (AvgIpc) is 3.84. The number of tetrazole rings is 1. The van der Waals surface area contributed by atoms with Crippen molar-refractivity contribution in [1.29, 1.82) is 0 Å². The molecule has 3 aromatic carbocycles. The van der Waals surface area contributed by atoms with Crippen LogP contribution in [0.3, 0.4) is 0 Å². The summed E-state index contributed by atoms with van der Waals surface area (Å²) in [5.41, 5.74) is 5.91. The van der Waals surface area contributed by atoms with Crippen LogP contribution in [0.15, 0.2) is 91.3 Å². The van der Waals surface area contributed by atoms with Gasteiger partial charge in [-0.3, -0.25) is 4.79 Å². The molecule has 1 amide bonds. The van der Waals surface area contributed by atoms with Crippen LogP contribution in [0.2, 0.25) is 0 Å². The molecule has 5 aromatic rings. The Morgan fingerprint density at radius 3 is 2.64 bits per heavy atom. The van der Waals surface area contributed by atoms with Crippen LogP contribution in [0.4, 0.5) is 5.95 Å². The Bertz CT molecular complexity index is 1850. The average molecular weight is 630 g/mol. The molecule has 10 nitrogen and oxygen atoms in total. The minimum Gasteiger partial charge on any atom is -0.341 e. The minimum atomic E-state index is -0.0925. The largest absolute Gasteiger partial charge is 0.341 e. The van der Waals surface area contributed by atoms with Crippen molar-refractivity contribution in [3.63, 3.8) is 0 Å². The summed E-state index contributed by atoms with van der Waals surface area (Å²) in [6, 6.07) is 25.1. The molecule has 2 fully saturated rings. The highest BCUT2D eigenvalue weighted by molar-refractivity contribution is 5.96. The predicted molar refractivity (Wildman–Crippen MR) is 185 cm³/mol.